The number of nitrogens with zero attached hydrogens (tertiary/aromatic N) is 11. The fourth-order valence-electron chi connectivity index (χ4n) is 9.60. The van der Waals surface area contributed by atoms with E-state index < -0.39 is 35.1 Å². The van der Waals surface area contributed by atoms with Crippen molar-refractivity contribution in [3.63, 3.8) is 0 Å². The molecule has 18 heteroatoms. The first kappa shape index (κ1) is 37.9. The number of carbonyl (C=O) groups excluding carboxylic acids is 2. The van der Waals surface area contributed by atoms with Gasteiger partial charge in [-0.2, -0.15) is 15.1 Å². The highest BCUT2D eigenvalue weighted by molar-refractivity contribution is 5.96. The molecule has 8 heterocycles. The average Bonchev–Trinajstić information content (AvgIpc) is 3.92. The number of ether oxygens (including phenoxy) is 1. The highest BCUT2D eigenvalue weighted by atomic mass is 19.1. The minimum atomic E-state index is -0.841. The van der Waals surface area contributed by atoms with Crippen LogP contribution < -0.4 is 15.1 Å². The number of likely N-dealkylation sites (N-methyl/N-ethyl adjacent to an activating group) is 2. The van der Waals surface area contributed by atoms with Gasteiger partial charge in [-0.15, -0.1) is 0 Å². The summed E-state index contributed by atoms with van der Waals surface area (Å²) in [5.41, 5.74) is 1.70. The molecule has 60 heavy (non-hydrogen) atoms. The molecule has 10 rings (SSSR count). The van der Waals surface area contributed by atoms with Crippen molar-refractivity contribution in [2.24, 2.45) is 0 Å². The first-order valence-electron chi connectivity index (χ1n) is 20.1. The van der Waals surface area contributed by atoms with Crippen LogP contribution in [0.2, 0.25) is 0 Å². The number of halogens is 3. The molecule has 0 radical (unpaired) electrons. The number of likely N-dealkylation sites (tertiary alicyclic amines) is 1. The second-order valence-electron chi connectivity index (χ2n) is 16.3. The van der Waals surface area contributed by atoms with Gasteiger partial charge in [0.05, 0.1) is 41.0 Å². The van der Waals surface area contributed by atoms with Gasteiger partial charge in [-0.3, -0.25) is 9.59 Å². The number of rotatable bonds is 4. The van der Waals surface area contributed by atoms with Crippen molar-refractivity contribution in [1.29, 1.82) is 0 Å². The Morgan fingerprint density at radius 3 is 2.53 bits per heavy atom. The van der Waals surface area contributed by atoms with Gasteiger partial charge >= 0.3 is 0 Å². The lowest BCUT2D eigenvalue weighted by Gasteiger charge is -2.54. The van der Waals surface area contributed by atoms with Crippen LogP contribution in [0.4, 0.5) is 30.8 Å². The van der Waals surface area contributed by atoms with Crippen LogP contribution in [0.1, 0.15) is 31.5 Å². The van der Waals surface area contributed by atoms with Gasteiger partial charge in [0, 0.05) is 71.1 Å². The number of carbonyl (C=O) groups is 2. The van der Waals surface area contributed by atoms with E-state index in [0.717, 1.165) is 18.6 Å². The summed E-state index contributed by atoms with van der Waals surface area (Å²) in [4.78, 5) is 55.6. The third kappa shape index (κ3) is 6.01. The number of aromatic nitrogens is 7. The van der Waals surface area contributed by atoms with Crippen LogP contribution in [-0.2, 0) is 20.9 Å². The number of pyridine rings is 1. The molecule has 2 aromatic carbocycles. The molecule has 3 saturated heterocycles. The highest BCUT2D eigenvalue weighted by Gasteiger charge is 2.55. The third-order valence-electron chi connectivity index (χ3n) is 12.7. The number of anilines is 3. The Balaban J connectivity index is 1.11. The van der Waals surface area contributed by atoms with Gasteiger partial charge in [-0.25, -0.2) is 27.8 Å². The summed E-state index contributed by atoms with van der Waals surface area (Å²) < 4.78 is 54.0. The van der Waals surface area contributed by atoms with Crippen LogP contribution >= 0.6 is 0 Å². The van der Waals surface area contributed by atoms with Gasteiger partial charge < -0.3 is 34.2 Å². The maximum atomic E-state index is 15.5. The van der Waals surface area contributed by atoms with Gasteiger partial charge in [-0.05, 0) is 62.9 Å². The molecule has 15 nitrogen and oxygen atoms in total. The molecule has 3 fully saturated rings. The molecule has 6 aromatic rings. The molecule has 0 aliphatic carbocycles. The average molecular weight is 821 g/mol. The summed E-state index contributed by atoms with van der Waals surface area (Å²) in [5.74, 6) is -0.405. The normalized spacial score (nSPS) is 23.4. The van der Waals surface area contributed by atoms with Crippen molar-refractivity contribution in [3.8, 4) is 16.9 Å². The van der Waals surface area contributed by atoms with Crippen LogP contribution in [0.3, 0.4) is 0 Å². The fourth-order valence-corrected chi connectivity index (χ4v) is 9.60. The fraction of sp³-hybridized carbons (Fsp3) is 0.405. The second-order valence-corrected chi connectivity index (χ2v) is 16.3. The summed E-state index contributed by atoms with van der Waals surface area (Å²) >= 11 is 0. The smallest absolute Gasteiger partial charge is 0.248 e. The Bertz CT molecular complexity index is 2720. The number of amides is 2. The number of benzene rings is 2. The number of nitrogens with one attached hydrogen (secondary N) is 1. The van der Waals surface area contributed by atoms with Crippen molar-refractivity contribution in [3.05, 3.63) is 78.0 Å². The third-order valence-corrected chi connectivity index (χ3v) is 12.7. The molecular weight excluding hydrogens is 778 g/mol. The quantitative estimate of drug-likeness (QED) is 0.265. The lowest BCUT2D eigenvalue weighted by molar-refractivity contribution is -0.141. The van der Waals surface area contributed by atoms with Gasteiger partial charge in [-0.1, -0.05) is 6.07 Å². The zero-order valence-corrected chi connectivity index (χ0v) is 33.6. The van der Waals surface area contributed by atoms with Gasteiger partial charge in [0.25, 0.3) is 0 Å². The topological polar surface area (TPSA) is 143 Å². The molecule has 310 valence electrons. The standard InChI is InChI=1S/C42H43F3N12O3/c1-23-47-32-17-25(44)15-28-31-7-5-8-35(49-31)48-26-18-34(39(58)53(3)21-27(60-4)22-54(23)36(28)32)55(20-26)37-29-19-46-57(33-10-9-24(43)16-30(33)45)38(29)51-41(50-37)56-14-12-42(56)11-6-13-52(2)40(42)59/h5,7-10,15-17,19,26-27,34H,6,11-14,18,20-22H2,1-4H3,(H,48,49)/t26-,27-,34-,42?/m0/s1. The van der Waals surface area contributed by atoms with E-state index in [0.29, 0.717) is 84.0 Å². The Hall–Kier alpha value is -6.30. The van der Waals surface area contributed by atoms with E-state index in [4.69, 9.17) is 19.7 Å². The molecule has 4 atom stereocenters. The largest absolute Gasteiger partial charge is 0.378 e. The van der Waals surface area contributed by atoms with E-state index in [2.05, 4.69) is 15.4 Å². The summed E-state index contributed by atoms with van der Waals surface area (Å²) in [7, 11) is 5.12. The van der Waals surface area contributed by atoms with Crippen LogP contribution in [0.25, 0.3) is 39.0 Å². The summed E-state index contributed by atoms with van der Waals surface area (Å²) in [6.45, 7) is 3.84. The van der Waals surface area contributed by atoms with Crippen LogP contribution in [0.5, 0.6) is 0 Å². The lowest BCUT2D eigenvalue weighted by Crippen LogP contribution is -2.70. The maximum absolute atomic E-state index is 15.5. The molecule has 4 bridgehead atoms. The molecule has 0 saturated carbocycles. The van der Waals surface area contributed by atoms with Gasteiger partial charge in [0.2, 0.25) is 17.8 Å². The maximum Gasteiger partial charge on any atom is 0.248 e. The highest BCUT2D eigenvalue weighted by Crippen LogP contribution is 2.44. The molecule has 4 aromatic heterocycles. The minimum absolute atomic E-state index is 0.0176. The van der Waals surface area contributed by atoms with E-state index in [-0.39, 0.29) is 48.2 Å². The van der Waals surface area contributed by atoms with Crippen molar-refractivity contribution in [2.75, 3.05) is 62.5 Å². The molecule has 4 aliphatic heterocycles. The zero-order valence-electron chi connectivity index (χ0n) is 33.6. The SMILES string of the molecule is CO[C@H]1CN(C)C(=O)[C@@H]2C[C@@H](CN2c2nc(N3CCC34CCCN(C)C4=O)nc3c2cnn3-c2ccc(F)cc2F)Nc2cccc(n2)-c2cc(F)cc3nc(C)n(c23)C1. The summed E-state index contributed by atoms with van der Waals surface area (Å²) in [6, 6.07) is 10.5. The van der Waals surface area contributed by atoms with Crippen molar-refractivity contribution >= 4 is 51.5 Å². The molecule has 1 spiro atoms. The number of imidazole rings is 1. The van der Waals surface area contributed by atoms with Crippen molar-refractivity contribution in [1.82, 2.24) is 44.1 Å². The minimum Gasteiger partial charge on any atom is -0.378 e. The number of hydrogen-bond acceptors (Lipinski definition) is 11. The monoisotopic (exact) mass is 820 g/mol. The predicted molar refractivity (Wildman–Crippen MR) is 217 cm³/mol. The van der Waals surface area contributed by atoms with Crippen molar-refractivity contribution in [2.45, 2.75) is 62.9 Å². The van der Waals surface area contributed by atoms with E-state index in [1.807, 2.05) is 39.5 Å². The van der Waals surface area contributed by atoms with Crippen LogP contribution in [0, 0.1) is 24.4 Å². The first-order chi connectivity index (χ1) is 28.9. The number of methoxy groups -OCH3 is 1. The second kappa shape index (κ2) is 14.2. The Morgan fingerprint density at radius 2 is 1.75 bits per heavy atom. The first-order valence-corrected chi connectivity index (χ1v) is 20.1. The van der Waals surface area contributed by atoms with Crippen LogP contribution in [-0.4, -0.2) is 127 Å². The Kier molecular flexibility index (Phi) is 8.96. The summed E-state index contributed by atoms with van der Waals surface area (Å²) in [6.07, 6.45) is 3.44. The molecule has 1 unspecified atom stereocenters. The molecular formula is C42H43F3N12O3. The lowest BCUT2D eigenvalue weighted by atomic mass is 9.77. The summed E-state index contributed by atoms with van der Waals surface area (Å²) in [5, 5.41) is 8.53. The number of aryl methyl sites for hydroxylation is 1. The van der Waals surface area contributed by atoms with E-state index >= 15 is 8.78 Å². The zero-order chi connectivity index (χ0) is 41.6. The van der Waals surface area contributed by atoms with Gasteiger partial charge in [0.15, 0.2) is 11.5 Å². The number of fused-ring (bicyclic) bond motifs is 6. The van der Waals surface area contributed by atoms with Gasteiger partial charge in [0.1, 0.15) is 46.4 Å². The molecule has 1 N–H and O–H groups in total. The van der Waals surface area contributed by atoms with E-state index in [1.54, 1.807) is 31.0 Å². The number of hydrogen-bond donors (Lipinski definition) is 1. The Labute approximate surface area is 342 Å². The predicted octanol–water partition coefficient (Wildman–Crippen LogP) is 4.70. The molecule has 4 aliphatic rings. The van der Waals surface area contributed by atoms with E-state index in [1.165, 1.54) is 29.1 Å². The van der Waals surface area contributed by atoms with Crippen LogP contribution in [0.15, 0.2) is 54.7 Å². The van der Waals surface area contributed by atoms with Crippen molar-refractivity contribution < 1.29 is 27.5 Å². The van der Waals surface area contributed by atoms with E-state index in [9.17, 15) is 14.0 Å². The number of piperidine rings is 1. The molecule has 2 amide bonds. The Morgan fingerprint density at radius 1 is 0.900 bits per heavy atom.